The average Bonchev–Trinajstić information content (AvgIpc) is 2.69. The van der Waals surface area contributed by atoms with Crippen LogP contribution in [0.1, 0.15) is 17.2 Å². The predicted octanol–water partition coefficient (Wildman–Crippen LogP) is 4.15. The van der Waals surface area contributed by atoms with E-state index in [0.717, 1.165) is 16.8 Å². The molecule has 3 aromatic carbocycles. The Morgan fingerprint density at radius 2 is 1.52 bits per heavy atom. The molecule has 27 heavy (non-hydrogen) atoms. The highest BCUT2D eigenvalue weighted by Crippen LogP contribution is 2.26. The second-order valence-corrected chi connectivity index (χ2v) is 8.31. The first-order valence-corrected chi connectivity index (χ1v) is 10.3. The third-order valence-electron chi connectivity index (χ3n) is 4.58. The third-order valence-corrected chi connectivity index (χ3v) is 6.02. The van der Waals surface area contributed by atoms with Crippen LogP contribution in [0.3, 0.4) is 0 Å². The lowest BCUT2D eigenvalue weighted by molar-refractivity contribution is 0.567. The van der Waals surface area contributed by atoms with Crippen LogP contribution >= 0.6 is 0 Å². The Hall–Kier alpha value is -2.63. The molecule has 0 bridgehead atoms. The van der Waals surface area contributed by atoms with E-state index < -0.39 is 10.0 Å². The molecule has 0 amide bonds. The average molecular weight is 381 g/mol. The van der Waals surface area contributed by atoms with E-state index in [9.17, 15) is 8.42 Å². The molecule has 1 N–H and O–H groups in total. The number of benzene rings is 3. The molecule has 0 aromatic heterocycles. The normalized spacial score (nSPS) is 12.5. The lowest BCUT2D eigenvalue weighted by atomic mass is 10.0. The second kappa shape index (κ2) is 8.37. The van der Waals surface area contributed by atoms with Crippen LogP contribution in [0.2, 0.25) is 0 Å². The lowest BCUT2D eigenvalue weighted by Crippen LogP contribution is -2.36. The van der Waals surface area contributed by atoms with Gasteiger partial charge in [0.15, 0.2) is 0 Å². The van der Waals surface area contributed by atoms with Gasteiger partial charge in [-0.1, -0.05) is 60.7 Å². The van der Waals surface area contributed by atoms with Crippen molar-refractivity contribution in [2.24, 2.45) is 0 Å². The minimum Gasteiger partial charge on any atom is -0.366 e. The van der Waals surface area contributed by atoms with Crippen LogP contribution < -0.4 is 9.62 Å². The van der Waals surface area contributed by atoms with E-state index >= 15 is 0 Å². The SMILES string of the molecule is Cc1cccc(N(C)[C@@H](CNS(=O)(=O)c2ccccc2)c2ccccc2)c1. The first kappa shape index (κ1) is 19.1. The van der Waals surface area contributed by atoms with Gasteiger partial charge in [0, 0.05) is 19.3 Å². The number of aryl methyl sites for hydroxylation is 1. The lowest BCUT2D eigenvalue weighted by Gasteiger charge is -2.31. The van der Waals surface area contributed by atoms with Crippen LogP contribution in [0.5, 0.6) is 0 Å². The summed E-state index contributed by atoms with van der Waals surface area (Å²) in [5.74, 6) is 0. The van der Waals surface area contributed by atoms with E-state index in [2.05, 4.69) is 15.7 Å². The number of hydrogen-bond donors (Lipinski definition) is 1. The Balaban J connectivity index is 1.87. The molecule has 1 atom stereocenters. The Kier molecular flexibility index (Phi) is 5.94. The smallest absolute Gasteiger partial charge is 0.240 e. The van der Waals surface area contributed by atoms with Crippen molar-refractivity contribution in [3.63, 3.8) is 0 Å². The highest BCUT2D eigenvalue weighted by Gasteiger charge is 2.21. The van der Waals surface area contributed by atoms with Gasteiger partial charge in [0.25, 0.3) is 0 Å². The number of hydrogen-bond acceptors (Lipinski definition) is 3. The van der Waals surface area contributed by atoms with Crippen LogP contribution in [0, 0.1) is 6.92 Å². The molecule has 0 fully saturated rings. The zero-order valence-electron chi connectivity index (χ0n) is 15.5. The topological polar surface area (TPSA) is 49.4 Å². The Bertz CT molecular complexity index is 973. The van der Waals surface area contributed by atoms with Gasteiger partial charge in [-0.05, 0) is 42.3 Å². The van der Waals surface area contributed by atoms with Crippen molar-refractivity contribution in [1.82, 2.24) is 4.72 Å². The van der Waals surface area contributed by atoms with Crippen LogP contribution in [-0.2, 0) is 10.0 Å². The fourth-order valence-electron chi connectivity index (χ4n) is 3.05. The highest BCUT2D eigenvalue weighted by molar-refractivity contribution is 7.89. The molecular weight excluding hydrogens is 356 g/mol. The number of likely N-dealkylation sites (N-methyl/N-ethyl adjacent to an activating group) is 1. The highest BCUT2D eigenvalue weighted by atomic mass is 32.2. The van der Waals surface area contributed by atoms with Crippen molar-refractivity contribution in [3.05, 3.63) is 96.1 Å². The van der Waals surface area contributed by atoms with Gasteiger partial charge in [-0.25, -0.2) is 13.1 Å². The number of rotatable bonds is 7. The summed E-state index contributed by atoms with van der Waals surface area (Å²) in [4.78, 5) is 2.38. The Morgan fingerprint density at radius 3 is 2.15 bits per heavy atom. The summed E-state index contributed by atoms with van der Waals surface area (Å²) in [6.45, 7) is 2.32. The molecule has 0 unspecified atom stereocenters. The molecule has 140 valence electrons. The van der Waals surface area contributed by atoms with Crippen LogP contribution in [0.15, 0.2) is 89.8 Å². The fraction of sp³-hybridized carbons (Fsp3) is 0.182. The van der Waals surface area contributed by atoms with Gasteiger partial charge < -0.3 is 4.90 Å². The first-order chi connectivity index (χ1) is 13.0. The minimum atomic E-state index is -3.56. The van der Waals surface area contributed by atoms with Crippen LogP contribution in [0.4, 0.5) is 5.69 Å². The zero-order chi connectivity index (χ0) is 19.3. The molecule has 5 heteroatoms. The van der Waals surface area contributed by atoms with E-state index in [0.29, 0.717) is 0 Å². The van der Waals surface area contributed by atoms with E-state index in [1.54, 1.807) is 30.3 Å². The molecule has 0 radical (unpaired) electrons. The maximum atomic E-state index is 12.7. The molecule has 0 saturated heterocycles. The molecule has 0 spiro atoms. The molecule has 0 aliphatic heterocycles. The van der Waals surface area contributed by atoms with Gasteiger partial charge in [0.2, 0.25) is 10.0 Å². The van der Waals surface area contributed by atoms with E-state index in [1.165, 1.54) is 0 Å². The summed E-state index contributed by atoms with van der Waals surface area (Å²) in [5.41, 5.74) is 3.26. The van der Waals surface area contributed by atoms with Crippen molar-refractivity contribution < 1.29 is 8.42 Å². The number of nitrogens with zero attached hydrogens (tertiary/aromatic N) is 1. The summed E-state index contributed by atoms with van der Waals surface area (Å²) in [7, 11) is -1.57. The van der Waals surface area contributed by atoms with E-state index in [4.69, 9.17) is 0 Å². The van der Waals surface area contributed by atoms with Gasteiger partial charge in [-0.3, -0.25) is 0 Å². The van der Waals surface area contributed by atoms with Crippen molar-refractivity contribution in [1.29, 1.82) is 0 Å². The zero-order valence-corrected chi connectivity index (χ0v) is 16.4. The van der Waals surface area contributed by atoms with Crippen molar-refractivity contribution in [3.8, 4) is 0 Å². The van der Waals surface area contributed by atoms with Gasteiger partial charge in [0.05, 0.1) is 10.9 Å². The predicted molar refractivity (Wildman–Crippen MR) is 110 cm³/mol. The standard InChI is InChI=1S/C22H24N2O2S/c1-18-10-9-13-20(16-18)24(2)22(19-11-5-3-6-12-19)17-23-27(25,26)21-14-7-4-8-15-21/h3-16,22-23H,17H2,1-2H3/t22-/m0/s1. The van der Waals surface area contributed by atoms with E-state index in [-0.39, 0.29) is 17.5 Å². The summed E-state index contributed by atoms with van der Waals surface area (Å²) >= 11 is 0. The van der Waals surface area contributed by atoms with Gasteiger partial charge in [-0.2, -0.15) is 0 Å². The summed E-state index contributed by atoms with van der Waals surface area (Å²) in [5, 5.41) is 0. The molecule has 0 aliphatic rings. The summed E-state index contributed by atoms with van der Waals surface area (Å²) in [6.07, 6.45) is 0. The fourth-order valence-corrected chi connectivity index (χ4v) is 4.11. The summed E-state index contributed by atoms with van der Waals surface area (Å²) in [6, 6.07) is 26.5. The quantitative estimate of drug-likeness (QED) is 0.670. The summed E-state index contributed by atoms with van der Waals surface area (Å²) < 4.78 is 28.1. The monoisotopic (exact) mass is 380 g/mol. The largest absolute Gasteiger partial charge is 0.366 e. The first-order valence-electron chi connectivity index (χ1n) is 8.86. The van der Waals surface area contributed by atoms with Crippen LogP contribution in [0.25, 0.3) is 0 Å². The molecule has 0 aliphatic carbocycles. The maximum absolute atomic E-state index is 12.7. The molecular formula is C22H24N2O2S. The van der Waals surface area contributed by atoms with Gasteiger partial charge in [-0.15, -0.1) is 0 Å². The third kappa shape index (κ3) is 4.76. The molecule has 0 saturated carbocycles. The Labute approximate surface area is 161 Å². The van der Waals surface area contributed by atoms with Crippen molar-refractivity contribution in [2.75, 3.05) is 18.5 Å². The maximum Gasteiger partial charge on any atom is 0.240 e. The number of nitrogens with one attached hydrogen (secondary N) is 1. The van der Waals surface area contributed by atoms with Gasteiger partial charge >= 0.3 is 0 Å². The number of anilines is 1. The Morgan fingerprint density at radius 1 is 0.889 bits per heavy atom. The van der Waals surface area contributed by atoms with Gasteiger partial charge in [0.1, 0.15) is 0 Å². The molecule has 0 heterocycles. The van der Waals surface area contributed by atoms with Crippen molar-refractivity contribution in [2.45, 2.75) is 17.9 Å². The molecule has 3 aromatic rings. The molecule has 3 rings (SSSR count). The molecule has 4 nitrogen and oxygen atoms in total. The minimum absolute atomic E-state index is 0.133. The second-order valence-electron chi connectivity index (χ2n) is 6.54. The van der Waals surface area contributed by atoms with Crippen LogP contribution in [-0.4, -0.2) is 22.0 Å². The van der Waals surface area contributed by atoms with E-state index in [1.807, 2.05) is 62.5 Å². The van der Waals surface area contributed by atoms with Crippen molar-refractivity contribution >= 4 is 15.7 Å². The number of sulfonamides is 1.